The number of hydrogen-bond donors (Lipinski definition) is 2. The third-order valence-corrected chi connectivity index (χ3v) is 5.59. The summed E-state index contributed by atoms with van der Waals surface area (Å²) in [4.78, 5) is 14.6. The van der Waals surface area contributed by atoms with E-state index in [4.69, 9.17) is 9.47 Å². The molecule has 0 bridgehead atoms. The van der Waals surface area contributed by atoms with Crippen LogP contribution in [-0.4, -0.2) is 48.8 Å². The summed E-state index contributed by atoms with van der Waals surface area (Å²) in [5.41, 5.74) is -0.140. The van der Waals surface area contributed by atoms with E-state index in [1.807, 2.05) is 20.2 Å². The van der Waals surface area contributed by atoms with Crippen molar-refractivity contribution < 1.29 is 24.5 Å². The first-order valence-electron chi connectivity index (χ1n) is 9.90. The second-order valence-electron chi connectivity index (χ2n) is 7.93. The Bertz CT molecular complexity index is 866. The highest BCUT2D eigenvalue weighted by Crippen LogP contribution is 2.42. The molecule has 156 valence electrons. The van der Waals surface area contributed by atoms with Gasteiger partial charge in [-0.05, 0) is 56.8 Å². The van der Waals surface area contributed by atoms with Crippen molar-refractivity contribution in [1.29, 1.82) is 0 Å². The second kappa shape index (κ2) is 8.84. The first-order valence-corrected chi connectivity index (χ1v) is 9.90. The molecule has 0 heterocycles. The lowest BCUT2D eigenvalue weighted by Gasteiger charge is -2.41. The van der Waals surface area contributed by atoms with E-state index in [-0.39, 0.29) is 17.2 Å². The number of hydrogen-bond acceptors (Lipinski definition) is 6. The van der Waals surface area contributed by atoms with Crippen molar-refractivity contribution in [2.45, 2.75) is 31.3 Å². The van der Waals surface area contributed by atoms with Gasteiger partial charge in [0.05, 0.1) is 12.7 Å². The van der Waals surface area contributed by atoms with Crippen LogP contribution in [0.15, 0.2) is 42.5 Å². The van der Waals surface area contributed by atoms with E-state index in [1.54, 1.807) is 24.3 Å². The molecule has 0 saturated heterocycles. The van der Waals surface area contributed by atoms with Crippen molar-refractivity contribution in [3.8, 4) is 17.2 Å². The Balaban J connectivity index is 1.82. The van der Waals surface area contributed by atoms with Crippen molar-refractivity contribution in [1.82, 2.24) is 4.90 Å². The molecular formula is C23H29NO5. The highest BCUT2D eigenvalue weighted by atomic mass is 16.5. The van der Waals surface area contributed by atoms with Gasteiger partial charge in [0.2, 0.25) is 0 Å². The van der Waals surface area contributed by atoms with Gasteiger partial charge in [0.15, 0.2) is 0 Å². The number of esters is 1. The van der Waals surface area contributed by atoms with E-state index in [0.29, 0.717) is 17.9 Å². The van der Waals surface area contributed by atoms with Gasteiger partial charge < -0.3 is 24.6 Å². The topological polar surface area (TPSA) is 79.2 Å². The monoisotopic (exact) mass is 399 g/mol. The van der Waals surface area contributed by atoms with E-state index in [1.165, 1.54) is 19.2 Å². The number of benzene rings is 2. The van der Waals surface area contributed by atoms with Crippen LogP contribution >= 0.6 is 0 Å². The molecule has 0 amide bonds. The summed E-state index contributed by atoms with van der Waals surface area (Å²) in [6.07, 6.45) is 3.71. The van der Waals surface area contributed by atoms with Crippen LogP contribution in [0.3, 0.4) is 0 Å². The smallest absolute Gasteiger partial charge is 0.347 e. The lowest BCUT2D eigenvalue weighted by atomic mass is 9.71. The molecule has 1 fully saturated rings. The number of nitrogens with zero attached hydrogens (tertiary/aromatic N) is 1. The molecule has 29 heavy (non-hydrogen) atoms. The Kier molecular flexibility index (Phi) is 6.45. The van der Waals surface area contributed by atoms with E-state index in [0.717, 1.165) is 31.4 Å². The molecule has 3 rings (SSSR count). The van der Waals surface area contributed by atoms with Crippen molar-refractivity contribution >= 4 is 5.97 Å². The number of methoxy groups -OCH3 is 1. The molecule has 1 saturated carbocycles. The molecule has 2 aromatic carbocycles. The highest BCUT2D eigenvalue weighted by Gasteiger charge is 2.40. The average Bonchev–Trinajstić information content (AvgIpc) is 2.69. The third-order valence-electron chi connectivity index (χ3n) is 5.59. The molecule has 2 atom stereocenters. The fourth-order valence-electron chi connectivity index (χ4n) is 4.09. The standard InChI is InChI=1S/C23H29NO5/c1-24(2)15-17-7-4-5-12-23(17,27)16-8-6-9-19(13-16)29-22(26)20-11-10-18(28-3)14-21(20)25/h6,8-11,13-14,17,25,27H,4-5,7,12,15H2,1-3H3/t17-,23+/m1/s1. The summed E-state index contributed by atoms with van der Waals surface area (Å²) in [6.45, 7) is 0.792. The molecule has 0 radical (unpaired) electrons. The maximum absolute atomic E-state index is 12.5. The van der Waals surface area contributed by atoms with Crippen molar-refractivity contribution in [3.05, 3.63) is 53.6 Å². The molecule has 1 aliphatic carbocycles. The van der Waals surface area contributed by atoms with Crippen LogP contribution in [-0.2, 0) is 5.60 Å². The Morgan fingerprint density at radius 1 is 1.17 bits per heavy atom. The van der Waals surface area contributed by atoms with Crippen LogP contribution in [0, 0.1) is 5.92 Å². The quantitative estimate of drug-likeness (QED) is 0.571. The van der Waals surface area contributed by atoms with Crippen LogP contribution < -0.4 is 9.47 Å². The molecule has 2 aromatic rings. The first kappa shape index (κ1) is 21.1. The van der Waals surface area contributed by atoms with Crippen molar-refractivity contribution in [2.24, 2.45) is 5.92 Å². The highest BCUT2D eigenvalue weighted by molar-refractivity contribution is 5.94. The Morgan fingerprint density at radius 3 is 2.66 bits per heavy atom. The lowest BCUT2D eigenvalue weighted by Crippen LogP contribution is -2.43. The number of rotatable bonds is 6. The number of ether oxygens (including phenoxy) is 2. The van der Waals surface area contributed by atoms with Crippen LogP contribution in [0.25, 0.3) is 0 Å². The van der Waals surface area contributed by atoms with Gasteiger partial charge in [-0.3, -0.25) is 0 Å². The number of carbonyl (C=O) groups is 1. The zero-order valence-corrected chi connectivity index (χ0v) is 17.2. The molecule has 0 aromatic heterocycles. The molecule has 2 N–H and O–H groups in total. The van der Waals surface area contributed by atoms with Gasteiger partial charge in [-0.15, -0.1) is 0 Å². The summed E-state index contributed by atoms with van der Waals surface area (Å²) in [7, 11) is 5.50. The normalized spacial score (nSPS) is 21.8. The minimum Gasteiger partial charge on any atom is -0.507 e. The van der Waals surface area contributed by atoms with Crippen molar-refractivity contribution in [3.63, 3.8) is 0 Å². The fourth-order valence-corrected chi connectivity index (χ4v) is 4.09. The molecule has 0 spiro atoms. The zero-order chi connectivity index (χ0) is 21.0. The van der Waals surface area contributed by atoms with Gasteiger partial charge in [-0.1, -0.05) is 25.0 Å². The largest absolute Gasteiger partial charge is 0.507 e. The van der Waals surface area contributed by atoms with Gasteiger partial charge in [0.25, 0.3) is 0 Å². The summed E-state index contributed by atoms with van der Waals surface area (Å²) in [5.74, 6) is 0.0332. The predicted molar refractivity (Wildman–Crippen MR) is 110 cm³/mol. The summed E-state index contributed by atoms with van der Waals surface area (Å²) < 4.78 is 10.5. The van der Waals surface area contributed by atoms with Gasteiger partial charge in [-0.2, -0.15) is 0 Å². The van der Waals surface area contributed by atoms with Crippen LogP contribution in [0.5, 0.6) is 17.2 Å². The SMILES string of the molecule is COc1ccc(C(=O)Oc2cccc([C@@]3(O)CCCC[C@@H]3CN(C)C)c2)c(O)c1. The maximum Gasteiger partial charge on any atom is 0.347 e. The first-order chi connectivity index (χ1) is 13.8. The third kappa shape index (κ3) is 4.71. The number of phenolic OH excluding ortho intramolecular Hbond substituents is 1. The van der Waals surface area contributed by atoms with E-state index < -0.39 is 11.6 Å². The van der Waals surface area contributed by atoms with Crippen LogP contribution in [0.1, 0.15) is 41.6 Å². The maximum atomic E-state index is 12.5. The Hall–Kier alpha value is -2.57. The fraction of sp³-hybridized carbons (Fsp3) is 0.435. The molecular weight excluding hydrogens is 370 g/mol. The van der Waals surface area contributed by atoms with Crippen molar-refractivity contribution in [2.75, 3.05) is 27.7 Å². The van der Waals surface area contributed by atoms with Gasteiger partial charge in [-0.25, -0.2) is 4.79 Å². The number of phenols is 1. The molecule has 0 aliphatic heterocycles. The number of aliphatic hydroxyl groups is 1. The molecule has 6 nitrogen and oxygen atoms in total. The van der Waals surface area contributed by atoms with E-state index >= 15 is 0 Å². The van der Waals surface area contributed by atoms with E-state index in [2.05, 4.69) is 4.90 Å². The van der Waals surface area contributed by atoms with Gasteiger partial charge in [0, 0.05) is 18.5 Å². The minimum atomic E-state index is -0.951. The molecule has 0 unspecified atom stereocenters. The summed E-state index contributed by atoms with van der Waals surface area (Å²) in [6, 6.07) is 11.5. The molecule has 6 heteroatoms. The minimum absolute atomic E-state index is 0.0538. The Morgan fingerprint density at radius 2 is 1.97 bits per heavy atom. The Labute approximate surface area is 171 Å². The van der Waals surface area contributed by atoms with Crippen LogP contribution in [0.2, 0.25) is 0 Å². The van der Waals surface area contributed by atoms with E-state index in [9.17, 15) is 15.0 Å². The predicted octanol–water partition coefficient (Wildman–Crippen LogP) is 3.56. The number of aromatic hydroxyl groups is 1. The number of carbonyl (C=O) groups excluding carboxylic acids is 1. The van der Waals surface area contributed by atoms with Gasteiger partial charge >= 0.3 is 5.97 Å². The summed E-state index contributed by atoms with van der Waals surface area (Å²) >= 11 is 0. The van der Waals surface area contributed by atoms with Crippen LogP contribution in [0.4, 0.5) is 0 Å². The average molecular weight is 399 g/mol. The zero-order valence-electron chi connectivity index (χ0n) is 17.2. The van der Waals surface area contributed by atoms with Gasteiger partial charge in [0.1, 0.15) is 22.8 Å². The summed E-state index contributed by atoms with van der Waals surface area (Å²) in [5, 5.41) is 21.6. The second-order valence-corrected chi connectivity index (χ2v) is 7.93. The molecule has 1 aliphatic rings. The lowest BCUT2D eigenvalue weighted by molar-refractivity contribution is -0.0619.